The Labute approximate surface area is 144 Å². The lowest BCUT2D eigenvalue weighted by Gasteiger charge is -2.22. The zero-order valence-corrected chi connectivity index (χ0v) is 14.9. The van der Waals surface area contributed by atoms with Crippen molar-refractivity contribution in [3.05, 3.63) is 64.7 Å². The molecule has 1 aliphatic rings. The Morgan fingerprint density at radius 2 is 1.70 bits per heavy atom. The lowest BCUT2D eigenvalue weighted by molar-refractivity contribution is 0.518. The van der Waals surface area contributed by atoms with Crippen LogP contribution in [0.4, 0.5) is 5.69 Å². The van der Waals surface area contributed by atoms with Crippen molar-refractivity contribution in [3.63, 3.8) is 0 Å². The van der Waals surface area contributed by atoms with Gasteiger partial charge in [-0.1, -0.05) is 48.0 Å². The van der Waals surface area contributed by atoms with Crippen molar-refractivity contribution in [1.29, 1.82) is 0 Å². The van der Waals surface area contributed by atoms with Crippen LogP contribution in [0.15, 0.2) is 42.5 Å². The maximum Gasteiger partial charge on any atom is 0.173 e. The fourth-order valence-corrected chi connectivity index (χ4v) is 3.52. The lowest BCUT2D eigenvalue weighted by Crippen LogP contribution is -2.33. The molecule has 2 aromatic rings. The van der Waals surface area contributed by atoms with Gasteiger partial charge in [-0.3, -0.25) is 0 Å². The standard InChI is InChI=1S/C20H24N2S/c1-14-7-9-17(10-8-14)18-11-12-22(13-18)20(23)21-19-15(2)5-4-6-16(19)3/h4-10,18H,11-13H2,1-3H3,(H,21,23). The van der Waals surface area contributed by atoms with Gasteiger partial charge in [0, 0.05) is 24.7 Å². The molecule has 0 saturated carbocycles. The van der Waals surface area contributed by atoms with Crippen molar-refractivity contribution in [2.45, 2.75) is 33.1 Å². The van der Waals surface area contributed by atoms with E-state index in [9.17, 15) is 0 Å². The molecule has 1 unspecified atom stereocenters. The molecule has 0 bridgehead atoms. The molecule has 3 heteroatoms. The summed E-state index contributed by atoms with van der Waals surface area (Å²) in [6, 6.07) is 15.2. The third-order valence-electron chi connectivity index (χ3n) is 4.74. The zero-order valence-electron chi connectivity index (χ0n) is 14.1. The summed E-state index contributed by atoms with van der Waals surface area (Å²) in [4.78, 5) is 2.30. The van der Waals surface area contributed by atoms with Crippen LogP contribution in [-0.4, -0.2) is 23.1 Å². The van der Waals surface area contributed by atoms with Gasteiger partial charge in [0.25, 0.3) is 0 Å². The number of hydrogen-bond acceptors (Lipinski definition) is 1. The van der Waals surface area contributed by atoms with Gasteiger partial charge in [-0.25, -0.2) is 0 Å². The van der Waals surface area contributed by atoms with Crippen molar-refractivity contribution in [3.8, 4) is 0 Å². The Bertz CT molecular complexity index is 686. The van der Waals surface area contributed by atoms with Crippen LogP contribution in [0.3, 0.4) is 0 Å². The number of likely N-dealkylation sites (tertiary alicyclic amines) is 1. The number of rotatable bonds is 2. The van der Waals surface area contributed by atoms with E-state index in [1.54, 1.807) is 0 Å². The summed E-state index contributed by atoms with van der Waals surface area (Å²) in [7, 11) is 0. The number of aryl methyl sites for hydroxylation is 3. The van der Waals surface area contributed by atoms with Gasteiger partial charge in [-0.05, 0) is 56.1 Å². The molecule has 1 N–H and O–H groups in total. The van der Waals surface area contributed by atoms with Gasteiger partial charge in [0.05, 0.1) is 0 Å². The van der Waals surface area contributed by atoms with Gasteiger partial charge in [0.15, 0.2) is 5.11 Å². The van der Waals surface area contributed by atoms with Gasteiger partial charge in [0.1, 0.15) is 0 Å². The second kappa shape index (κ2) is 6.71. The topological polar surface area (TPSA) is 15.3 Å². The molecule has 0 amide bonds. The highest BCUT2D eigenvalue weighted by molar-refractivity contribution is 7.80. The third kappa shape index (κ3) is 3.56. The number of para-hydroxylation sites is 1. The largest absolute Gasteiger partial charge is 0.348 e. The molecule has 1 fully saturated rings. The first-order chi connectivity index (χ1) is 11.0. The highest BCUT2D eigenvalue weighted by Gasteiger charge is 2.25. The monoisotopic (exact) mass is 324 g/mol. The minimum atomic E-state index is 0.577. The summed E-state index contributed by atoms with van der Waals surface area (Å²) in [6.07, 6.45) is 1.16. The van der Waals surface area contributed by atoms with Gasteiger partial charge < -0.3 is 10.2 Å². The van der Waals surface area contributed by atoms with E-state index in [0.29, 0.717) is 5.92 Å². The first kappa shape index (κ1) is 16.0. The van der Waals surface area contributed by atoms with Crippen LogP contribution in [0.2, 0.25) is 0 Å². The van der Waals surface area contributed by atoms with E-state index in [-0.39, 0.29) is 0 Å². The molecule has 0 aromatic heterocycles. The van der Waals surface area contributed by atoms with E-state index in [1.165, 1.54) is 22.3 Å². The van der Waals surface area contributed by atoms with Crippen LogP contribution in [0.25, 0.3) is 0 Å². The molecule has 0 aliphatic carbocycles. The lowest BCUT2D eigenvalue weighted by atomic mass is 9.98. The normalized spacial score (nSPS) is 17.3. The fraction of sp³-hybridized carbons (Fsp3) is 0.350. The van der Waals surface area contributed by atoms with Crippen LogP contribution in [0.5, 0.6) is 0 Å². The second-order valence-electron chi connectivity index (χ2n) is 6.54. The summed E-state index contributed by atoms with van der Waals surface area (Å²) in [5, 5.41) is 4.30. The Kier molecular flexibility index (Phi) is 4.67. The number of nitrogens with zero attached hydrogens (tertiary/aromatic N) is 1. The van der Waals surface area contributed by atoms with Gasteiger partial charge in [0.2, 0.25) is 0 Å². The number of thiocarbonyl (C=S) groups is 1. The molecular formula is C20H24N2S. The molecule has 120 valence electrons. The Hall–Kier alpha value is -1.87. The van der Waals surface area contributed by atoms with Crippen molar-refractivity contribution in [1.82, 2.24) is 4.90 Å². The molecule has 1 aliphatic heterocycles. The molecule has 2 nitrogen and oxygen atoms in total. The Balaban J connectivity index is 1.67. The van der Waals surface area contributed by atoms with E-state index in [0.717, 1.165) is 30.3 Å². The number of anilines is 1. The summed E-state index contributed by atoms with van der Waals surface area (Å²) < 4.78 is 0. The molecule has 1 heterocycles. The summed E-state index contributed by atoms with van der Waals surface area (Å²) in [5.41, 5.74) is 6.36. The highest BCUT2D eigenvalue weighted by atomic mass is 32.1. The molecule has 23 heavy (non-hydrogen) atoms. The van der Waals surface area contributed by atoms with Gasteiger partial charge in [-0.2, -0.15) is 0 Å². The van der Waals surface area contributed by atoms with Crippen LogP contribution in [0.1, 0.15) is 34.6 Å². The fourth-order valence-electron chi connectivity index (χ4n) is 3.25. The SMILES string of the molecule is Cc1ccc(C2CCN(C(=S)Nc3c(C)cccc3C)C2)cc1. The summed E-state index contributed by atoms with van der Waals surface area (Å²) in [6.45, 7) is 8.40. The number of hydrogen-bond donors (Lipinski definition) is 1. The molecule has 0 spiro atoms. The van der Waals surface area contributed by atoms with E-state index in [2.05, 4.69) is 73.5 Å². The molecule has 1 saturated heterocycles. The predicted molar refractivity (Wildman–Crippen MR) is 102 cm³/mol. The Morgan fingerprint density at radius 1 is 1.04 bits per heavy atom. The van der Waals surface area contributed by atoms with Crippen LogP contribution in [-0.2, 0) is 0 Å². The molecule has 3 rings (SSSR count). The quantitative estimate of drug-likeness (QED) is 0.799. The first-order valence-electron chi connectivity index (χ1n) is 8.23. The van der Waals surface area contributed by atoms with Crippen molar-refractivity contribution in [2.75, 3.05) is 18.4 Å². The first-order valence-corrected chi connectivity index (χ1v) is 8.64. The zero-order chi connectivity index (χ0) is 16.4. The van der Waals surface area contributed by atoms with Gasteiger partial charge >= 0.3 is 0 Å². The number of nitrogens with one attached hydrogen (secondary N) is 1. The maximum atomic E-state index is 5.65. The second-order valence-corrected chi connectivity index (χ2v) is 6.93. The number of benzene rings is 2. The molecular weight excluding hydrogens is 300 g/mol. The summed E-state index contributed by atoms with van der Waals surface area (Å²) >= 11 is 5.65. The average molecular weight is 324 g/mol. The third-order valence-corrected chi connectivity index (χ3v) is 5.10. The Morgan fingerprint density at radius 3 is 2.35 bits per heavy atom. The smallest absolute Gasteiger partial charge is 0.173 e. The highest BCUT2D eigenvalue weighted by Crippen LogP contribution is 2.28. The average Bonchev–Trinajstić information content (AvgIpc) is 3.02. The maximum absolute atomic E-state index is 5.65. The van der Waals surface area contributed by atoms with E-state index < -0.39 is 0 Å². The van der Waals surface area contributed by atoms with Crippen molar-refractivity contribution >= 4 is 23.0 Å². The molecule has 1 atom stereocenters. The van der Waals surface area contributed by atoms with E-state index in [4.69, 9.17) is 12.2 Å². The van der Waals surface area contributed by atoms with Crippen molar-refractivity contribution in [2.24, 2.45) is 0 Å². The van der Waals surface area contributed by atoms with Crippen molar-refractivity contribution < 1.29 is 0 Å². The van der Waals surface area contributed by atoms with E-state index in [1.807, 2.05) is 0 Å². The van der Waals surface area contributed by atoms with E-state index >= 15 is 0 Å². The van der Waals surface area contributed by atoms with Crippen LogP contribution >= 0.6 is 12.2 Å². The minimum absolute atomic E-state index is 0.577. The molecule has 0 radical (unpaired) electrons. The summed E-state index contributed by atoms with van der Waals surface area (Å²) in [5.74, 6) is 0.577. The minimum Gasteiger partial charge on any atom is -0.348 e. The van der Waals surface area contributed by atoms with Crippen LogP contribution < -0.4 is 5.32 Å². The van der Waals surface area contributed by atoms with Gasteiger partial charge in [-0.15, -0.1) is 0 Å². The molecule has 2 aromatic carbocycles. The van der Waals surface area contributed by atoms with Crippen LogP contribution in [0, 0.1) is 20.8 Å². The predicted octanol–water partition coefficient (Wildman–Crippen LogP) is 4.80.